The van der Waals surface area contributed by atoms with Crippen LogP contribution in [0.15, 0.2) is 24.3 Å². The van der Waals surface area contributed by atoms with Crippen LogP contribution in [0.3, 0.4) is 0 Å². The van der Waals surface area contributed by atoms with Crippen molar-refractivity contribution < 1.29 is 32.6 Å². The Balaban J connectivity index is 1.91. The largest absolute Gasteiger partial charge is 0.573 e. The van der Waals surface area contributed by atoms with Gasteiger partial charge in [0.15, 0.2) is 0 Å². The Labute approximate surface area is 124 Å². The molecular weight excluding hydrogens is 303 g/mol. The molecule has 0 bridgehead atoms. The van der Waals surface area contributed by atoms with E-state index in [9.17, 15) is 22.8 Å². The standard InChI is InChI=1S/C14H14F3NO4/c15-14(16,17)22-11-3-1-9(2-4-11)7-12(19)18-6-5-10(8-18)13(20)21/h1-4,10H,5-8H2,(H,20,21)/t10-/m1/s1. The number of amides is 1. The van der Waals surface area contributed by atoms with Crippen molar-refractivity contribution in [1.82, 2.24) is 4.90 Å². The highest BCUT2D eigenvalue weighted by Crippen LogP contribution is 2.23. The summed E-state index contributed by atoms with van der Waals surface area (Å²) in [6.07, 6.45) is -4.32. The number of hydrogen-bond acceptors (Lipinski definition) is 3. The van der Waals surface area contributed by atoms with Gasteiger partial charge in [-0.05, 0) is 24.1 Å². The van der Waals surface area contributed by atoms with E-state index < -0.39 is 18.2 Å². The monoisotopic (exact) mass is 317 g/mol. The maximum Gasteiger partial charge on any atom is 0.573 e. The summed E-state index contributed by atoms with van der Waals surface area (Å²) in [7, 11) is 0. The van der Waals surface area contributed by atoms with E-state index in [4.69, 9.17) is 5.11 Å². The molecule has 1 saturated heterocycles. The van der Waals surface area contributed by atoms with Crippen LogP contribution < -0.4 is 4.74 Å². The van der Waals surface area contributed by atoms with Crippen molar-refractivity contribution in [3.8, 4) is 5.75 Å². The molecule has 1 N–H and O–H groups in total. The van der Waals surface area contributed by atoms with Gasteiger partial charge >= 0.3 is 12.3 Å². The number of halogens is 3. The molecule has 0 aliphatic carbocycles. The van der Waals surface area contributed by atoms with Crippen LogP contribution in [0.5, 0.6) is 5.75 Å². The van der Waals surface area contributed by atoms with Crippen LogP contribution in [0.2, 0.25) is 0 Å². The Hall–Kier alpha value is -2.25. The first-order chi connectivity index (χ1) is 10.2. The van der Waals surface area contributed by atoms with Crippen LogP contribution in [0.4, 0.5) is 13.2 Å². The number of aliphatic carboxylic acids is 1. The molecule has 0 saturated carbocycles. The normalized spacial score (nSPS) is 18.3. The summed E-state index contributed by atoms with van der Waals surface area (Å²) in [4.78, 5) is 24.3. The topological polar surface area (TPSA) is 66.8 Å². The van der Waals surface area contributed by atoms with E-state index >= 15 is 0 Å². The molecule has 1 aliphatic rings. The van der Waals surface area contributed by atoms with Crippen molar-refractivity contribution in [3.05, 3.63) is 29.8 Å². The summed E-state index contributed by atoms with van der Waals surface area (Å²) in [6, 6.07) is 5.04. The second kappa shape index (κ2) is 6.25. The lowest BCUT2D eigenvalue weighted by Gasteiger charge is -2.16. The van der Waals surface area contributed by atoms with Gasteiger partial charge in [0, 0.05) is 13.1 Å². The van der Waals surface area contributed by atoms with E-state index in [0.29, 0.717) is 18.5 Å². The number of ether oxygens (including phenoxy) is 1. The molecule has 0 aromatic heterocycles. The number of rotatable bonds is 4. The number of carboxylic acid groups (broad SMARTS) is 1. The minimum atomic E-state index is -4.75. The predicted octanol–water partition coefficient (Wildman–Crippen LogP) is 2.06. The molecule has 1 aromatic rings. The van der Waals surface area contributed by atoms with Crippen LogP contribution >= 0.6 is 0 Å². The fourth-order valence-electron chi connectivity index (χ4n) is 2.28. The highest BCUT2D eigenvalue weighted by atomic mass is 19.4. The minimum Gasteiger partial charge on any atom is -0.481 e. The van der Waals surface area contributed by atoms with E-state index in [1.165, 1.54) is 17.0 Å². The molecular formula is C14H14F3NO4. The molecule has 5 nitrogen and oxygen atoms in total. The zero-order valence-electron chi connectivity index (χ0n) is 11.5. The minimum absolute atomic E-state index is 0.0125. The van der Waals surface area contributed by atoms with Gasteiger partial charge in [0.25, 0.3) is 0 Å². The molecule has 1 fully saturated rings. The summed E-state index contributed by atoms with van der Waals surface area (Å²) >= 11 is 0. The molecule has 22 heavy (non-hydrogen) atoms. The van der Waals surface area contributed by atoms with Gasteiger partial charge in [-0.25, -0.2) is 0 Å². The van der Waals surface area contributed by atoms with Crippen molar-refractivity contribution in [2.75, 3.05) is 13.1 Å². The van der Waals surface area contributed by atoms with Crippen LogP contribution in [0.1, 0.15) is 12.0 Å². The highest BCUT2D eigenvalue weighted by molar-refractivity contribution is 5.80. The van der Waals surface area contributed by atoms with Gasteiger partial charge in [-0.2, -0.15) is 0 Å². The molecule has 8 heteroatoms. The lowest BCUT2D eigenvalue weighted by atomic mass is 10.1. The van der Waals surface area contributed by atoms with Crippen LogP contribution in [0.25, 0.3) is 0 Å². The molecule has 1 amide bonds. The maximum atomic E-state index is 12.0. The number of benzene rings is 1. The molecule has 0 unspecified atom stereocenters. The molecule has 1 aliphatic heterocycles. The summed E-state index contributed by atoms with van der Waals surface area (Å²) < 4.78 is 39.8. The summed E-state index contributed by atoms with van der Waals surface area (Å²) in [6.45, 7) is 0.550. The average Bonchev–Trinajstić information content (AvgIpc) is 2.89. The molecule has 2 rings (SSSR count). The van der Waals surface area contributed by atoms with Gasteiger partial charge in [-0.3, -0.25) is 9.59 Å². The Kier molecular flexibility index (Phi) is 4.58. The fourth-order valence-corrected chi connectivity index (χ4v) is 2.28. The second-order valence-electron chi connectivity index (χ2n) is 5.03. The Morgan fingerprint density at radius 1 is 1.27 bits per heavy atom. The van der Waals surface area contributed by atoms with Crippen LogP contribution in [0, 0.1) is 5.92 Å². The number of carboxylic acids is 1. The zero-order valence-corrected chi connectivity index (χ0v) is 11.5. The molecule has 1 heterocycles. The van der Waals surface area contributed by atoms with Gasteiger partial charge in [0.05, 0.1) is 12.3 Å². The Morgan fingerprint density at radius 2 is 1.91 bits per heavy atom. The SMILES string of the molecule is O=C(O)[C@@H]1CCN(C(=O)Cc2ccc(OC(F)(F)F)cc2)C1. The number of alkyl halides is 3. The number of hydrogen-bond donors (Lipinski definition) is 1. The van der Waals surface area contributed by atoms with Crippen molar-refractivity contribution in [1.29, 1.82) is 0 Å². The zero-order chi connectivity index (χ0) is 16.3. The lowest BCUT2D eigenvalue weighted by molar-refractivity contribution is -0.274. The predicted molar refractivity (Wildman–Crippen MR) is 69.2 cm³/mol. The van der Waals surface area contributed by atoms with Gasteiger partial charge < -0.3 is 14.7 Å². The van der Waals surface area contributed by atoms with Gasteiger partial charge in [-0.15, -0.1) is 13.2 Å². The lowest BCUT2D eigenvalue weighted by Crippen LogP contribution is -2.31. The van der Waals surface area contributed by atoms with E-state index in [2.05, 4.69) is 4.74 Å². The first kappa shape index (κ1) is 16.1. The summed E-state index contributed by atoms with van der Waals surface area (Å²) in [5.41, 5.74) is 0.540. The smallest absolute Gasteiger partial charge is 0.481 e. The second-order valence-corrected chi connectivity index (χ2v) is 5.03. The maximum absolute atomic E-state index is 12.0. The van der Waals surface area contributed by atoms with E-state index in [1.54, 1.807) is 0 Å². The molecule has 120 valence electrons. The van der Waals surface area contributed by atoms with Gasteiger partial charge in [0.2, 0.25) is 5.91 Å². The molecule has 0 radical (unpaired) electrons. The number of carbonyl (C=O) groups is 2. The first-order valence-corrected chi connectivity index (χ1v) is 6.60. The quantitative estimate of drug-likeness (QED) is 0.923. The van der Waals surface area contributed by atoms with E-state index in [1.807, 2.05) is 0 Å². The number of likely N-dealkylation sites (tertiary alicyclic amines) is 1. The van der Waals surface area contributed by atoms with Gasteiger partial charge in [-0.1, -0.05) is 12.1 Å². The van der Waals surface area contributed by atoms with Crippen LogP contribution in [-0.2, 0) is 16.0 Å². The molecule has 0 spiro atoms. The third-order valence-electron chi connectivity index (χ3n) is 3.40. The Bertz CT molecular complexity index is 556. The number of nitrogens with zero attached hydrogens (tertiary/aromatic N) is 1. The van der Waals surface area contributed by atoms with Gasteiger partial charge in [0.1, 0.15) is 5.75 Å². The van der Waals surface area contributed by atoms with Crippen molar-refractivity contribution in [3.63, 3.8) is 0 Å². The fraction of sp³-hybridized carbons (Fsp3) is 0.429. The van der Waals surface area contributed by atoms with Crippen molar-refractivity contribution in [2.24, 2.45) is 5.92 Å². The average molecular weight is 317 g/mol. The summed E-state index contributed by atoms with van der Waals surface area (Å²) in [5.74, 6) is -2.07. The summed E-state index contributed by atoms with van der Waals surface area (Å²) in [5, 5.41) is 8.88. The third-order valence-corrected chi connectivity index (χ3v) is 3.40. The van der Waals surface area contributed by atoms with E-state index in [-0.39, 0.29) is 24.6 Å². The first-order valence-electron chi connectivity index (χ1n) is 6.60. The number of carbonyl (C=O) groups excluding carboxylic acids is 1. The Morgan fingerprint density at radius 3 is 2.41 bits per heavy atom. The molecule has 1 atom stereocenters. The van der Waals surface area contributed by atoms with Crippen molar-refractivity contribution in [2.45, 2.75) is 19.2 Å². The highest BCUT2D eigenvalue weighted by Gasteiger charge is 2.32. The third kappa shape index (κ3) is 4.37. The van der Waals surface area contributed by atoms with E-state index in [0.717, 1.165) is 12.1 Å². The van der Waals surface area contributed by atoms with Crippen LogP contribution in [-0.4, -0.2) is 41.3 Å². The van der Waals surface area contributed by atoms with Crippen molar-refractivity contribution >= 4 is 11.9 Å². The molecule has 1 aromatic carbocycles.